The summed E-state index contributed by atoms with van der Waals surface area (Å²) in [6.07, 6.45) is 5.81. The van der Waals surface area contributed by atoms with Gasteiger partial charge in [0, 0.05) is 44.7 Å². The highest BCUT2D eigenvalue weighted by Crippen LogP contribution is 2.15. The summed E-state index contributed by atoms with van der Waals surface area (Å²) in [5, 5.41) is 2.70. The highest BCUT2D eigenvalue weighted by Gasteiger charge is 2.17. The first-order valence-corrected chi connectivity index (χ1v) is 9.75. The van der Waals surface area contributed by atoms with E-state index in [-0.39, 0.29) is 10.8 Å². The number of imidazole rings is 1. The molecule has 1 heterocycles. The Hall–Kier alpha value is -2.23. The van der Waals surface area contributed by atoms with E-state index in [1.54, 1.807) is 32.6 Å². The number of hydrogen-bond donors (Lipinski definition) is 2. The van der Waals surface area contributed by atoms with Crippen molar-refractivity contribution in [3.8, 4) is 0 Å². The number of methoxy groups -OCH3 is 1. The molecule has 0 atom stereocenters. The second-order valence-electron chi connectivity index (χ2n) is 5.78. The zero-order valence-electron chi connectivity index (χ0n) is 14.9. The summed E-state index contributed by atoms with van der Waals surface area (Å²) in [6, 6.07) is 4.53. The van der Waals surface area contributed by atoms with Crippen molar-refractivity contribution < 1.29 is 17.9 Å². The van der Waals surface area contributed by atoms with E-state index >= 15 is 0 Å². The molecule has 2 rings (SSSR count). The minimum atomic E-state index is -3.68. The number of ether oxygens (including phenoxy) is 1. The van der Waals surface area contributed by atoms with Crippen LogP contribution in [0.2, 0.25) is 0 Å². The molecule has 0 unspecified atom stereocenters. The third-order valence-corrected chi connectivity index (χ3v) is 5.26. The fourth-order valence-electron chi connectivity index (χ4n) is 2.35. The van der Waals surface area contributed by atoms with Crippen LogP contribution in [0.15, 0.2) is 41.8 Å². The Morgan fingerprint density at radius 3 is 2.81 bits per heavy atom. The number of sulfonamides is 1. The van der Waals surface area contributed by atoms with Crippen LogP contribution in [0.5, 0.6) is 0 Å². The highest BCUT2D eigenvalue weighted by molar-refractivity contribution is 7.89. The summed E-state index contributed by atoms with van der Waals surface area (Å²) in [6.45, 7) is 3.48. The highest BCUT2D eigenvalue weighted by atomic mass is 32.2. The number of hydrogen-bond acceptors (Lipinski definition) is 5. The molecule has 142 valence electrons. The molecule has 0 saturated carbocycles. The maximum Gasteiger partial charge on any atom is 0.251 e. The van der Waals surface area contributed by atoms with E-state index in [1.165, 1.54) is 12.1 Å². The lowest BCUT2D eigenvalue weighted by Gasteiger charge is -2.11. The standard InChI is InChI=1S/C17H24N4O4S/c1-14-4-5-15(12-16(14)17(22)19-8-11-25-2)26(23,24)20-6-3-9-21-10-7-18-13-21/h4-5,7,10,12-13,20H,3,6,8-9,11H2,1-2H3,(H,19,22). The van der Waals surface area contributed by atoms with Gasteiger partial charge in [0.2, 0.25) is 10.0 Å². The molecule has 0 fully saturated rings. The van der Waals surface area contributed by atoms with E-state index < -0.39 is 10.0 Å². The zero-order valence-corrected chi connectivity index (χ0v) is 15.8. The third-order valence-electron chi connectivity index (χ3n) is 3.80. The van der Waals surface area contributed by atoms with Crippen LogP contribution in [0.4, 0.5) is 0 Å². The molecule has 0 aliphatic carbocycles. The minimum Gasteiger partial charge on any atom is -0.383 e. The zero-order chi connectivity index (χ0) is 19.0. The summed E-state index contributed by atoms with van der Waals surface area (Å²) in [7, 11) is -2.13. The molecule has 0 saturated heterocycles. The van der Waals surface area contributed by atoms with E-state index in [0.29, 0.717) is 43.8 Å². The van der Waals surface area contributed by atoms with E-state index in [9.17, 15) is 13.2 Å². The van der Waals surface area contributed by atoms with Gasteiger partial charge in [-0.25, -0.2) is 18.1 Å². The molecular weight excluding hydrogens is 356 g/mol. The van der Waals surface area contributed by atoms with Crippen LogP contribution in [0.3, 0.4) is 0 Å². The molecule has 1 amide bonds. The lowest BCUT2D eigenvalue weighted by Crippen LogP contribution is -2.29. The monoisotopic (exact) mass is 380 g/mol. The van der Waals surface area contributed by atoms with Crippen LogP contribution in [0.25, 0.3) is 0 Å². The minimum absolute atomic E-state index is 0.0719. The number of amides is 1. The molecule has 1 aromatic heterocycles. The maximum atomic E-state index is 12.5. The van der Waals surface area contributed by atoms with Crippen molar-refractivity contribution in [1.29, 1.82) is 0 Å². The largest absolute Gasteiger partial charge is 0.383 e. The first kappa shape index (κ1) is 20.1. The van der Waals surface area contributed by atoms with E-state index in [2.05, 4.69) is 15.0 Å². The van der Waals surface area contributed by atoms with Gasteiger partial charge in [0.05, 0.1) is 17.8 Å². The van der Waals surface area contributed by atoms with Crippen molar-refractivity contribution >= 4 is 15.9 Å². The van der Waals surface area contributed by atoms with Gasteiger partial charge in [-0.15, -0.1) is 0 Å². The molecule has 26 heavy (non-hydrogen) atoms. The van der Waals surface area contributed by atoms with Crippen LogP contribution in [0.1, 0.15) is 22.3 Å². The number of aromatic nitrogens is 2. The van der Waals surface area contributed by atoms with Crippen LogP contribution in [-0.4, -0.2) is 50.7 Å². The normalized spacial score (nSPS) is 11.5. The van der Waals surface area contributed by atoms with Crippen LogP contribution in [-0.2, 0) is 21.3 Å². The molecule has 2 N–H and O–H groups in total. The van der Waals surface area contributed by atoms with Gasteiger partial charge in [0.1, 0.15) is 0 Å². The Morgan fingerprint density at radius 2 is 2.12 bits per heavy atom. The number of nitrogens with zero attached hydrogens (tertiary/aromatic N) is 2. The van der Waals surface area contributed by atoms with Gasteiger partial charge >= 0.3 is 0 Å². The number of nitrogens with one attached hydrogen (secondary N) is 2. The SMILES string of the molecule is COCCNC(=O)c1cc(S(=O)(=O)NCCCn2ccnc2)ccc1C. The van der Waals surface area contributed by atoms with Crippen molar-refractivity contribution in [1.82, 2.24) is 19.6 Å². The van der Waals surface area contributed by atoms with Crippen LogP contribution >= 0.6 is 0 Å². The third kappa shape index (κ3) is 5.65. The van der Waals surface area contributed by atoms with Gasteiger partial charge in [0.15, 0.2) is 0 Å². The Bertz CT molecular complexity index is 819. The van der Waals surface area contributed by atoms with Crippen molar-refractivity contribution in [2.45, 2.75) is 24.8 Å². The molecule has 8 nitrogen and oxygen atoms in total. The summed E-state index contributed by atoms with van der Waals surface area (Å²) in [5.41, 5.74) is 1.04. The molecule has 2 aromatic rings. The lowest BCUT2D eigenvalue weighted by molar-refractivity contribution is 0.0936. The number of carbonyl (C=O) groups excluding carboxylic acids is 1. The second-order valence-corrected chi connectivity index (χ2v) is 7.54. The van der Waals surface area contributed by atoms with Crippen molar-refractivity contribution in [2.24, 2.45) is 0 Å². The van der Waals surface area contributed by atoms with Gasteiger partial charge in [-0.3, -0.25) is 4.79 Å². The molecule has 9 heteroatoms. The predicted molar refractivity (Wildman–Crippen MR) is 97.4 cm³/mol. The summed E-state index contributed by atoms with van der Waals surface area (Å²) < 4.78 is 34.2. The van der Waals surface area contributed by atoms with Crippen molar-refractivity contribution in [3.05, 3.63) is 48.0 Å². The Balaban J connectivity index is 1.99. The molecule has 0 bridgehead atoms. The summed E-state index contributed by atoms with van der Waals surface area (Å²) in [4.78, 5) is 16.2. The molecule has 0 spiro atoms. The van der Waals surface area contributed by atoms with Gasteiger partial charge < -0.3 is 14.6 Å². The smallest absolute Gasteiger partial charge is 0.251 e. The van der Waals surface area contributed by atoms with Crippen molar-refractivity contribution in [3.63, 3.8) is 0 Å². The first-order chi connectivity index (χ1) is 12.4. The maximum absolute atomic E-state index is 12.5. The van der Waals surface area contributed by atoms with Crippen LogP contribution < -0.4 is 10.0 Å². The van der Waals surface area contributed by atoms with Crippen molar-refractivity contribution in [2.75, 3.05) is 26.8 Å². The average molecular weight is 380 g/mol. The van der Waals surface area contributed by atoms with Gasteiger partial charge in [-0.1, -0.05) is 6.07 Å². The fraction of sp³-hybridized carbons (Fsp3) is 0.412. The predicted octanol–water partition coefficient (Wildman–Crippen LogP) is 0.936. The fourth-order valence-corrected chi connectivity index (χ4v) is 3.45. The van der Waals surface area contributed by atoms with E-state index in [4.69, 9.17) is 4.74 Å². The van der Waals surface area contributed by atoms with E-state index in [1.807, 2.05) is 10.8 Å². The quantitative estimate of drug-likeness (QED) is 0.597. The molecule has 0 aliphatic heterocycles. The Morgan fingerprint density at radius 1 is 1.31 bits per heavy atom. The number of carbonyl (C=O) groups is 1. The van der Waals surface area contributed by atoms with Gasteiger partial charge in [0.25, 0.3) is 5.91 Å². The topological polar surface area (TPSA) is 102 Å². The summed E-state index contributed by atoms with van der Waals surface area (Å²) in [5.74, 6) is -0.322. The first-order valence-electron chi connectivity index (χ1n) is 8.27. The Kier molecular flexibility index (Phi) is 7.31. The van der Waals surface area contributed by atoms with E-state index in [0.717, 1.165) is 0 Å². The molecule has 0 radical (unpaired) electrons. The molecule has 1 aromatic carbocycles. The number of aryl methyl sites for hydroxylation is 2. The number of benzene rings is 1. The number of rotatable bonds is 10. The molecular formula is C17H24N4O4S. The van der Waals surface area contributed by atoms with Crippen LogP contribution in [0, 0.1) is 6.92 Å². The lowest BCUT2D eigenvalue weighted by atomic mass is 10.1. The molecule has 0 aliphatic rings. The Labute approximate surface area is 153 Å². The summed E-state index contributed by atoms with van der Waals surface area (Å²) >= 11 is 0. The van der Waals surface area contributed by atoms with Gasteiger partial charge in [-0.05, 0) is 31.0 Å². The van der Waals surface area contributed by atoms with Gasteiger partial charge in [-0.2, -0.15) is 0 Å². The second kappa shape index (κ2) is 9.46. The average Bonchev–Trinajstić information content (AvgIpc) is 3.12.